The minimum absolute atomic E-state index is 0.0889. The summed E-state index contributed by atoms with van der Waals surface area (Å²) in [4.78, 5) is 54.5. The van der Waals surface area contributed by atoms with Gasteiger partial charge < -0.3 is 40.2 Å². The van der Waals surface area contributed by atoms with Crippen molar-refractivity contribution in [2.75, 3.05) is 37.0 Å². The Kier molecular flexibility index (Phi) is 11.8. The van der Waals surface area contributed by atoms with Gasteiger partial charge in [-0.15, -0.1) is 13.2 Å². The zero-order chi connectivity index (χ0) is 40.3. The molecular weight excluding hydrogens is 736 g/mol. The average molecular weight is 781 g/mol. The third-order valence-electron chi connectivity index (χ3n) is 9.94. The van der Waals surface area contributed by atoms with Gasteiger partial charge in [0.05, 0.1) is 30.1 Å². The molecule has 13 nitrogen and oxygen atoms in total. The number of alkyl carbamates (subject to hydrolysis) is 1. The Balaban J connectivity index is 1.19. The molecule has 1 unspecified atom stereocenters. The number of methoxy groups -OCH3 is 1. The van der Waals surface area contributed by atoms with Crippen LogP contribution in [0.2, 0.25) is 0 Å². The van der Waals surface area contributed by atoms with E-state index in [2.05, 4.69) is 42.5 Å². The number of halogens is 4. The van der Waals surface area contributed by atoms with Crippen LogP contribution >= 0.6 is 0 Å². The molecule has 3 amide bonds. The molecule has 17 heteroatoms. The molecule has 2 aliphatic rings. The fraction of sp³-hybridized carbons (Fsp3) is 0.410. The van der Waals surface area contributed by atoms with Crippen LogP contribution in [-0.4, -0.2) is 89.0 Å². The Labute approximate surface area is 321 Å². The van der Waals surface area contributed by atoms with Crippen molar-refractivity contribution in [1.82, 2.24) is 30.5 Å². The first kappa shape index (κ1) is 40.0. The number of carbonyl (C=O) groups excluding carboxylic acids is 3. The zero-order valence-corrected chi connectivity index (χ0v) is 31.5. The van der Waals surface area contributed by atoms with E-state index in [0.717, 1.165) is 25.1 Å². The lowest BCUT2D eigenvalue weighted by atomic mass is 10.0. The summed E-state index contributed by atoms with van der Waals surface area (Å²) in [7, 11) is 1.23. The number of hydrogen-bond acceptors (Lipinski definition) is 9. The van der Waals surface area contributed by atoms with Gasteiger partial charge in [-0.25, -0.2) is 19.2 Å². The highest BCUT2D eigenvalue weighted by atomic mass is 19.4. The molecule has 0 spiro atoms. The number of hydrogen-bond donors (Lipinski definition) is 4. The van der Waals surface area contributed by atoms with Gasteiger partial charge in [0, 0.05) is 61.3 Å². The maximum absolute atomic E-state index is 15.5. The van der Waals surface area contributed by atoms with Crippen LogP contribution in [-0.2, 0) is 9.53 Å². The molecule has 2 aliphatic heterocycles. The maximum atomic E-state index is 15.5. The number of imidazole rings is 1. The Morgan fingerprint density at radius 1 is 1.04 bits per heavy atom. The number of benzene rings is 2. The summed E-state index contributed by atoms with van der Waals surface area (Å²) in [6, 6.07) is 10.4. The van der Waals surface area contributed by atoms with Crippen LogP contribution < -0.4 is 25.6 Å². The van der Waals surface area contributed by atoms with Gasteiger partial charge in [0.25, 0.3) is 5.91 Å². The lowest BCUT2D eigenvalue weighted by Crippen LogP contribution is -2.54. The molecule has 4 N–H and O–H groups in total. The number of carbonyl (C=O) groups is 3. The van der Waals surface area contributed by atoms with Crippen LogP contribution in [0.15, 0.2) is 60.9 Å². The third-order valence-corrected chi connectivity index (χ3v) is 9.94. The summed E-state index contributed by atoms with van der Waals surface area (Å²) >= 11 is 0. The lowest BCUT2D eigenvalue weighted by Gasteiger charge is -2.38. The largest absolute Gasteiger partial charge is 0.573 e. The number of ether oxygens (including phenoxy) is 2. The number of rotatable bonds is 10. The molecule has 0 radical (unpaired) electrons. The highest BCUT2D eigenvalue weighted by Gasteiger charge is 2.38. The number of aromatic amines is 1. The number of nitrogens with zero attached hydrogens (tertiary/aromatic N) is 4. The molecule has 56 heavy (non-hydrogen) atoms. The van der Waals surface area contributed by atoms with Crippen LogP contribution in [0.1, 0.15) is 62.8 Å². The Bertz CT molecular complexity index is 2040. The zero-order valence-electron chi connectivity index (χ0n) is 31.5. The van der Waals surface area contributed by atoms with E-state index in [1.165, 1.54) is 31.5 Å². The van der Waals surface area contributed by atoms with E-state index in [1.807, 2.05) is 20.8 Å². The van der Waals surface area contributed by atoms with Crippen molar-refractivity contribution in [2.24, 2.45) is 5.92 Å². The molecule has 4 atom stereocenters. The first-order valence-electron chi connectivity index (χ1n) is 18.3. The Morgan fingerprint density at radius 2 is 1.77 bits per heavy atom. The summed E-state index contributed by atoms with van der Waals surface area (Å²) in [5.74, 6) is -1.72. The van der Waals surface area contributed by atoms with Crippen molar-refractivity contribution in [3.05, 3.63) is 78.1 Å². The predicted octanol–water partition coefficient (Wildman–Crippen LogP) is 6.66. The summed E-state index contributed by atoms with van der Waals surface area (Å²) in [5, 5.41) is 8.35. The number of alkyl halides is 3. The average Bonchev–Trinajstić information content (AvgIpc) is 3.86. The van der Waals surface area contributed by atoms with Gasteiger partial charge in [-0.2, -0.15) is 0 Å². The molecule has 4 heterocycles. The minimum atomic E-state index is -5.11. The van der Waals surface area contributed by atoms with E-state index in [-0.39, 0.29) is 46.6 Å². The normalized spacial score (nSPS) is 19.1. The fourth-order valence-electron chi connectivity index (χ4n) is 6.98. The highest BCUT2D eigenvalue weighted by Crippen LogP contribution is 2.39. The Hall–Kier alpha value is -5.71. The molecule has 2 aromatic heterocycles. The van der Waals surface area contributed by atoms with E-state index in [4.69, 9.17) is 9.72 Å². The second kappa shape index (κ2) is 16.6. The van der Waals surface area contributed by atoms with Crippen molar-refractivity contribution >= 4 is 29.4 Å². The fourth-order valence-corrected chi connectivity index (χ4v) is 6.98. The van der Waals surface area contributed by atoms with Crippen LogP contribution in [0, 0.1) is 11.7 Å². The number of nitrogens with one attached hydrogen (secondary N) is 4. The first-order chi connectivity index (χ1) is 26.6. The van der Waals surface area contributed by atoms with Gasteiger partial charge in [0.2, 0.25) is 5.91 Å². The number of amides is 3. The molecule has 0 bridgehead atoms. The number of H-pyrrole nitrogens is 1. The summed E-state index contributed by atoms with van der Waals surface area (Å²) in [5.41, 5.74) is 0.704. The molecule has 2 fully saturated rings. The van der Waals surface area contributed by atoms with Crippen LogP contribution in [0.25, 0.3) is 22.4 Å². The summed E-state index contributed by atoms with van der Waals surface area (Å²) < 4.78 is 65.4. The van der Waals surface area contributed by atoms with Gasteiger partial charge in [-0.05, 0) is 56.4 Å². The van der Waals surface area contributed by atoms with Crippen molar-refractivity contribution in [3.63, 3.8) is 0 Å². The van der Waals surface area contributed by atoms with Crippen LogP contribution in [0.3, 0.4) is 0 Å². The smallest absolute Gasteiger partial charge is 0.453 e. The molecule has 298 valence electrons. The van der Waals surface area contributed by atoms with Gasteiger partial charge in [0.1, 0.15) is 29.3 Å². The van der Waals surface area contributed by atoms with E-state index in [1.54, 1.807) is 29.3 Å². The maximum Gasteiger partial charge on any atom is 0.573 e. The van der Waals surface area contributed by atoms with Crippen molar-refractivity contribution in [2.45, 2.75) is 71.1 Å². The number of aromatic nitrogens is 3. The quantitative estimate of drug-likeness (QED) is 0.130. The van der Waals surface area contributed by atoms with E-state index >= 15 is 4.39 Å². The van der Waals surface area contributed by atoms with Gasteiger partial charge in [-0.3, -0.25) is 9.59 Å². The standard InChI is InChI=1S/C39H44F4N8O5/c1-21(2)34(49-38(54)55-5)37(53)50-14-6-7-31(50)35-46-19-30(47-35)25-10-8-24(9-11-25)27-15-28(40)29(16-32(27)56-39(41,42)43)48-36(52)26-12-13-33(45-18-26)51-20-22(3)44-17-23(51)4/h8-13,15-16,18-19,21-23,31,34,44H,6-7,14,17,20H2,1-5H3,(H,46,47)(H,48,52)(H,49,54)/t22-,23+,31?,34-/m0/s1. The second-order valence-corrected chi connectivity index (χ2v) is 14.3. The molecule has 4 aromatic rings. The predicted molar refractivity (Wildman–Crippen MR) is 200 cm³/mol. The van der Waals surface area contributed by atoms with Crippen LogP contribution in [0.5, 0.6) is 5.75 Å². The second-order valence-electron chi connectivity index (χ2n) is 14.3. The molecule has 2 saturated heterocycles. The van der Waals surface area contributed by atoms with Crippen LogP contribution in [0.4, 0.5) is 33.9 Å². The van der Waals surface area contributed by atoms with Crippen molar-refractivity contribution in [3.8, 4) is 28.1 Å². The van der Waals surface area contributed by atoms with E-state index < -0.39 is 41.7 Å². The number of anilines is 2. The number of pyridine rings is 1. The minimum Gasteiger partial charge on any atom is -0.453 e. The lowest BCUT2D eigenvalue weighted by molar-refractivity contribution is -0.274. The van der Waals surface area contributed by atoms with Gasteiger partial charge in [0.15, 0.2) is 0 Å². The summed E-state index contributed by atoms with van der Waals surface area (Å²) in [6.45, 7) is 9.70. The van der Waals surface area contributed by atoms with Gasteiger partial charge >= 0.3 is 12.5 Å². The van der Waals surface area contributed by atoms with E-state index in [0.29, 0.717) is 42.4 Å². The topological polar surface area (TPSA) is 154 Å². The molecule has 6 rings (SSSR count). The third kappa shape index (κ3) is 9.04. The molecule has 0 aliphatic carbocycles. The number of likely N-dealkylation sites (tertiary alicyclic amines) is 1. The van der Waals surface area contributed by atoms with Crippen molar-refractivity contribution < 1.29 is 41.4 Å². The van der Waals surface area contributed by atoms with Crippen molar-refractivity contribution in [1.29, 1.82) is 0 Å². The molecule has 0 saturated carbocycles. The Morgan fingerprint density at radius 3 is 2.43 bits per heavy atom. The first-order valence-corrected chi connectivity index (χ1v) is 18.3. The van der Waals surface area contributed by atoms with E-state index in [9.17, 15) is 27.6 Å². The summed E-state index contributed by atoms with van der Waals surface area (Å²) in [6.07, 6.45) is -1.46. The SMILES string of the molecule is COC(=O)N[C@H](C(=O)N1CCCC1c1nc(-c2ccc(-c3cc(F)c(NC(=O)c4ccc(N5C[C@H](C)NC[C@H]5C)nc4)cc3OC(F)(F)F)cc2)c[nH]1)C(C)C. The highest BCUT2D eigenvalue weighted by molar-refractivity contribution is 6.04. The molecule has 2 aromatic carbocycles. The number of piperazine rings is 1. The van der Waals surface area contributed by atoms with Gasteiger partial charge in [-0.1, -0.05) is 38.1 Å². The molecular formula is C39H44F4N8O5. The monoisotopic (exact) mass is 780 g/mol.